The van der Waals surface area contributed by atoms with Gasteiger partial charge in [0.25, 0.3) is 0 Å². The standard InChI is InChI=1S/C23H14N4/c1-14-3-5-21-19(7-14)20-8-15(2)4-6-22(20)27(21)23-17(12-25)9-16(11-24)10-18(23)13-26/h3-10H,1-2H3. The van der Waals surface area contributed by atoms with Gasteiger partial charge in [0.2, 0.25) is 0 Å². The molecule has 126 valence electrons. The van der Waals surface area contributed by atoms with Crippen molar-refractivity contribution in [2.45, 2.75) is 13.8 Å². The SMILES string of the molecule is Cc1ccc2c(c1)c1cc(C)ccc1n2-c1c(C#N)cc(C#N)cc1C#N. The van der Waals surface area contributed by atoms with Gasteiger partial charge < -0.3 is 4.57 Å². The first-order valence-corrected chi connectivity index (χ1v) is 8.47. The summed E-state index contributed by atoms with van der Waals surface area (Å²) in [6.07, 6.45) is 0. The summed E-state index contributed by atoms with van der Waals surface area (Å²) >= 11 is 0. The number of aryl methyl sites for hydroxylation is 2. The minimum Gasteiger partial charge on any atom is -0.307 e. The second-order valence-corrected chi connectivity index (χ2v) is 6.63. The first-order valence-electron chi connectivity index (χ1n) is 8.47. The summed E-state index contributed by atoms with van der Waals surface area (Å²) in [5, 5.41) is 30.8. The summed E-state index contributed by atoms with van der Waals surface area (Å²) in [6, 6.07) is 21.7. The van der Waals surface area contributed by atoms with Crippen molar-refractivity contribution in [2.75, 3.05) is 0 Å². The number of hydrogen-bond acceptors (Lipinski definition) is 3. The van der Waals surface area contributed by atoms with Crippen LogP contribution in [0.2, 0.25) is 0 Å². The molecule has 27 heavy (non-hydrogen) atoms. The van der Waals surface area contributed by atoms with E-state index in [9.17, 15) is 15.8 Å². The molecule has 0 unspecified atom stereocenters. The fraction of sp³-hybridized carbons (Fsp3) is 0.0870. The number of hydrogen-bond donors (Lipinski definition) is 0. The van der Waals surface area contributed by atoms with Crippen molar-refractivity contribution < 1.29 is 0 Å². The first-order chi connectivity index (χ1) is 13.1. The predicted molar refractivity (Wildman–Crippen MR) is 104 cm³/mol. The van der Waals surface area contributed by atoms with Crippen LogP contribution in [-0.4, -0.2) is 4.57 Å². The summed E-state index contributed by atoms with van der Waals surface area (Å²) in [4.78, 5) is 0. The van der Waals surface area contributed by atoms with E-state index < -0.39 is 0 Å². The van der Waals surface area contributed by atoms with Crippen LogP contribution in [0.3, 0.4) is 0 Å². The van der Waals surface area contributed by atoms with Gasteiger partial charge in [0, 0.05) is 10.8 Å². The Labute approximate surface area is 156 Å². The largest absolute Gasteiger partial charge is 0.307 e. The summed E-state index contributed by atoms with van der Waals surface area (Å²) in [6.45, 7) is 4.09. The van der Waals surface area contributed by atoms with Crippen LogP contribution in [0.5, 0.6) is 0 Å². The van der Waals surface area contributed by atoms with E-state index >= 15 is 0 Å². The van der Waals surface area contributed by atoms with Crippen LogP contribution in [0.25, 0.3) is 27.5 Å². The van der Waals surface area contributed by atoms with E-state index in [-0.39, 0.29) is 0 Å². The summed E-state index contributed by atoms with van der Waals surface area (Å²) < 4.78 is 1.96. The molecule has 1 heterocycles. The zero-order chi connectivity index (χ0) is 19.1. The fourth-order valence-electron chi connectivity index (χ4n) is 3.60. The average molecular weight is 346 g/mol. The third-order valence-electron chi connectivity index (χ3n) is 4.78. The van der Waals surface area contributed by atoms with E-state index in [1.165, 1.54) is 12.1 Å². The van der Waals surface area contributed by atoms with E-state index in [1.54, 1.807) is 0 Å². The number of nitriles is 3. The number of aromatic nitrogens is 1. The Morgan fingerprint density at radius 1 is 0.667 bits per heavy atom. The van der Waals surface area contributed by atoms with Gasteiger partial charge >= 0.3 is 0 Å². The molecule has 0 bridgehead atoms. The summed E-state index contributed by atoms with van der Waals surface area (Å²) in [7, 11) is 0. The van der Waals surface area contributed by atoms with Gasteiger partial charge in [0.1, 0.15) is 12.1 Å². The number of nitrogens with zero attached hydrogens (tertiary/aromatic N) is 4. The smallest absolute Gasteiger partial charge is 0.101 e. The monoisotopic (exact) mass is 346 g/mol. The Morgan fingerprint density at radius 3 is 1.56 bits per heavy atom. The highest BCUT2D eigenvalue weighted by Crippen LogP contribution is 2.35. The Hall–Kier alpha value is -4.07. The van der Waals surface area contributed by atoms with Crippen molar-refractivity contribution in [2.24, 2.45) is 0 Å². The molecule has 4 rings (SSSR count). The van der Waals surface area contributed by atoms with E-state index in [0.717, 1.165) is 32.9 Å². The van der Waals surface area contributed by atoms with Crippen LogP contribution >= 0.6 is 0 Å². The second-order valence-electron chi connectivity index (χ2n) is 6.63. The molecule has 0 N–H and O–H groups in total. The Kier molecular flexibility index (Phi) is 3.66. The fourth-order valence-corrected chi connectivity index (χ4v) is 3.60. The van der Waals surface area contributed by atoms with E-state index in [2.05, 4.69) is 24.3 Å². The maximum atomic E-state index is 9.71. The number of rotatable bonds is 1. The highest BCUT2D eigenvalue weighted by atomic mass is 15.0. The van der Waals surface area contributed by atoms with Crippen LogP contribution < -0.4 is 0 Å². The molecular weight excluding hydrogens is 332 g/mol. The highest BCUT2D eigenvalue weighted by molar-refractivity contribution is 6.10. The molecule has 3 aromatic carbocycles. The minimum absolute atomic E-state index is 0.305. The minimum atomic E-state index is 0.305. The number of fused-ring (bicyclic) bond motifs is 3. The van der Waals surface area contributed by atoms with Crippen molar-refractivity contribution in [1.82, 2.24) is 4.57 Å². The van der Waals surface area contributed by atoms with Gasteiger partial charge in [-0.1, -0.05) is 23.3 Å². The maximum Gasteiger partial charge on any atom is 0.101 e. The van der Waals surface area contributed by atoms with E-state index in [0.29, 0.717) is 22.4 Å². The molecule has 0 aliphatic rings. The molecule has 0 saturated heterocycles. The van der Waals surface area contributed by atoms with Gasteiger partial charge in [0.05, 0.1) is 39.5 Å². The van der Waals surface area contributed by atoms with Gasteiger partial charge in [0.15, 0.2) is 0 Å². The quantitative estimate of drug-likeness (QED) is 0.486. The van der Waals surface area contributed by atoms with Crippen LogP contribution in [0.4, 0.5) is 0 Å². The molecule has 0 atom stereocenters. The third kappa shape index (κ3) is 2.43. The molecule has 0 saturated carbocycles. The highest BCUT2D eigenvalue weighted by Gasteiger charge is 2.19. The second kappa shape index (κ2) is 6.03. The Morgan fingerprint density at radius 2 is 1.15 bits per heavy atom. The van der Waals surface area contributed by atoms with Gasteiger partial charge in [-0.25, -0.2) is 0 Å². The number of benzene rings is 3. The topological polar surface area (TPSA) is 76.3 Å². The van der Waals surface area contributed by atoms with Gasteiger partial charge in [-0.15, -0.1) is 0 Å². The lowest BCUT2D eigenvalue weighted by Gasteiger charge is -2.12. The van der Waals surface area contributed by atoms with Gasteiger partial charge in [-0.05, 0) is 50.2 Å². The lowest BCUT2D eigenvalue weighted by molar-refractivity contribution is 1.15. The molecule has 0 amide bonds. The van der Waals surface area contributed by atoms with Crippen molar-refractivity contribution >= 4 is 21.8 Å². The maximum absolute atomic E-state index is 9.71. The molecular formula is C23H14N4. The zero-order valence-electron chi connectivity index (χ0n) is 14.9. The molecule has 0 aliphatic heterocycles. The lowest BCUT2D eigenvalue weighted by Crippen LogP contribution is -2.02. The van der Waals surface area contributed by atoms with Crippen molar-refractivity contribution in [3.05, 3.63) is 76.3 Å². The molecule has 1 aromatic heterocycles. The van der Waals surface area contributed by atoms with E-state index in [4.69, 9.17) is 0 Å². The molecule has 0 aliphatic carbocycles. The van der Waals surface area contributed by atoms with E-state index in [1.807, 2.05) is 48.7 Å². The van der Waals surface area contributed by atoms with Gasteiger partial charge in [-0.2, -0.15) is 15.8 Å². The summed E-state index contributed by atoms with van der Waals surface area (Å²) in [5.41, 5.74) is 5.59. The Bertz CT molecular complexity index is 1270. The third-order valence-corrected chi connectivity index (χ3v) is 4.78. The molecule has 4 aromatic rings. The first kappa shape index (κ1) is 16.4. The van der Waals surface area contributed by atoms with Crippen molar-refractivity contribution in [3.8, 4) is 23.9 Å². The molecule has 0 spiro atoms. The van der Waals surface area contributed by atoms with Crippen LogP contribution in [0, 0.1) is 47.8 Å². The van der Waals surface area contributed by atoms with Crippen molar-refractivity contribution in [1.29, 1.82) is 15.8 Å². The molecule has 0 radical (unpaired) electrons. The van der Waals surface area contributed by atoms with Gasteiger partial charge in [-0.3, -0.25) is 0 Å². The molecule has 0 fully saturated rings. The lowest BCUT2D eigenvalue weighted by atomic mass is 10.0. The summed E-state index contributed by atoms with van der Waals surface area (Å²) in [5.74, 6) is 0. The van der Waals surface area contributed by atoms with Crippen molar-refractivity contribution in [3.63, 3.8) is 0 Å². The van der Waals surface area contributed by atoms with Crippen LogP contribution in [0.1, 0.15) is 27.8 Å². The predicted octanol–water partition coefficient (Wildman–Crippen LogP) is 5.02. The molecule has 4 heteroatoms. The van der Waals surface area contributed by atoms with Crippen LogP contribution in [0.15, 0.2) is 48.5 Å². The van der Waals surface area contributed by atoms with Crippen LogP contribution in [-0.2, 0) is 0 Å². The average Bonchev–Trinajstić information content (AvgIpc) is 2.99. The Balaban J connectivity index is 2.26. The molecule has 4 nitrogen and oxygen atoms in total. The normalized spacial score (nSPS) is 10.5. The zero-order valence-corrected chi connectivity index (χ0v) is 14.9.